The zero-order chi connectivity index (χ0) is 13.4. The summed E-state index contributed by atoms with van der Waals surface area (Å²) in [5.41, 5.74) is 1.65. The largest absolute Gasteiger partial charge is 0.496 e. The molecule has 0 bridgehead atoms. The minimum absolute atomic E-state index is 0.361. The maximum Gasteiger partial charge on any atom is 0.123 e. The lowest BCUT2D eigenvalue weighted by atomic mass is 10.1. The molecular weight excluding hydrogens is 228 g/mol. The quantitative estimate of drug-likeness (QED) is 0.802. The fraction of sp³-hybridized carbons (Fsp3) is 0.500. The van der Waals surface area contributed by atoms with Gasteiger partial charge in [-0.2, -0.15) is 5.26 Å². The number of hydrogen-bond donors (Lipinski definition) is 1. The first kappa shape index (κ1) is 14.5. The lowest BCUT2D eigenvalue weighted by Gasteiger charge is -2.15. The molecule has 1 aromatic carbocycles. The first-order valence-corrected chi connectivity index (χ1v) is 6.00. The van der Waals surface area contributed by atoms with Crippen molar-refractivity contribution in [3.63, 3.8) is 0 Å². The molecule has 0 aromatic heterocycles. The Kier molecular flexibility index (Phi) is 6.20. The van der Waals surface area contributed by atoms with Crippen LogP contribution in [0.25, 0.3) is 0 Å². The van der Waals surface area contributed by atoms with Gasteiger partial charge in [-0.25, -0.2) is 0 Å². The van der Waals surface area contributed by atoms with E-state index in [-0.39, 0.29) is 0 Å². The van der Waals surface area contributed by atoms with Crippen LogP contribution in [-0.4, -0.2) is 26.9 Å². The molecule has 18 heavy (non-hydrogen) atoms. The number of rotatable bonds is 7. The number of methoxy groups -OCH3 is 2. The number of benzene rings is 1. The van der Waals surface area contributed by atoms with Crippen molar-refractivity contribution < 1.29 is 9.47 Å². The summed E-state index contributed by atoms with van der Waals surface area (Å²) in [5.74, 6) is 0.806. The Bertz CT molecular complexity index is 413. The maximum absolute atomic E-state index is 8.89. The van der Waals surface area contributed by atoms with Crippen molar-refractivity contribution in [2.45, 2.75) is 25.9 Å². The second kappa shape index (κ2) is 7.70. The predicted molar refractivity (Wildman–Crippen MR) is 70.5 cm³/mol. The lowest BCUT2D eigenvalue weighted by Crippen LogP contribution is -2.26. The first-order valence-electron chi connectivity index (χ1n) is 6.00. The third-order valence-electron chi connectivity index (χ3n) is 2.81. The second-order valence-electron chi connectivity index (χ2n) is 4.20. The molecule has 0 aliphatic rings. The molecule has 0 heterocycles. The van der Waals surface area contributed by atoms with Crippen LogP contribution in [0.3, 0.4) is 0 Å². The van der Waals surface area contributed by atoms with Crippen LogP contribution in [0.5, 0.6) is 5.75 Å². The SMILES string of the molecule is COCCC(C)NCc1cc(C#N)ccc1OC. The molecule has 4 nitrogen and oxygen atoms in total. The summed E-state index contributed by atoms with van der Waals surface area (Å²) >= 11 is 0. The first-order chi connectivity index (χ1) is 8.71. The van der Waals surface area contributed by atoms with Crippen LogP contribution in [-0.2, 0) is 11.3 Å². The Labute approximate surface area is 109 Å². The predicted octanol–water partition coefficient (Wildman–Crippen LogP) is 2.08. The van der Waals surface area contributed by atoms with E-state index in [1.54, 1.807) is 20.3 Å². The molecule has 0 saturated carbocycles. The molecule has 0 fully saturated rings. The normalized spacial score (nSPS) is 11.9. The minimum Gasteiger partial charge on any atom is -0.496 e. The van der Waals surface area contributed by atoms with E-state index in [0.29, 0.717) is 18.2 Å². The number of nitrogens with one attached hydrogen (secondary N) is 1. The van der Waals surface area contributed by atoms with Crippen molar-refractivity contribution in [2.75, 3.05) is 20.8 Å². The zero-order valence-corrected chi connectivity index (χ0v) is 11.2. The summed E-state index contributed by atoms with van der Waals surface area (Å²) in [6.45, 7) is 3.53. The number of hydrogen-bond acceptors (Lipinski definition) is 4. The lowest BCUT2D eigenvalue weighted by molar-refractivity contribution is 0.184. The highest BCUT2D eigenvalue weighted by atomic mass is 16.5. The standard InChI is InChI=1S/C14H20N2O2/c1-11(6-7-17-2)16-10-13-8-12(9-15)4-5-14(13)18-3/h4-5,8,11,16H,6-7,10H2,1-3H3. The van der Waals surface area contributed by atoms with Crippen molar-refractivity contribution in [2.24, 2.45) is 0 Å². The van der Waals surface area contributed by atoms with Crippen LogP contribution < -0.4 is 10.1 Å². The van der Waals surface area contributed by atoms with Gasteiger partial charge in [0.15, 0.2) is 0 Å². The Morgan fingerprint density at radius 1 is 1.39 bits per heavy atom. The van der Waals surface area contributed by atoms with Gasteiger partial charge in [-0.15, -0.1) is 0 Å². The van der Waals surface area contributed by atoms with E-state index in [1.807, 2.05) is 12.1 Å². The van der Waals surface area contributed by atoms with Crippen molar-refractivity contribution in [3.05, 3.63) is 29.3 Å². The van der Waals surface area contributed by atoms with Crippen LogP contribution in [0, 0.1) is 11.3 Å². The van der Waals surface area contributed by atoms with E-state index in [4.69, 9.17) is 14.7 Å². The zero-order valence-electron chi connectivity index (χ0n) is 11.2. The molecule has 0 amide bonds. The minimum atomic E-state index is 0.361. The van der Waals surface area contributed by atoms with Gasteiger partial charge in [0, 0.05) is 31.9 Å². The monoisotopic (exact) mass is 248 g/mol. The van der Waals surface area contributed by atoms with Crippen molar-refractivity contribution >= 4 is 0 Å². The fourth-order valence-electron chi connectivity index (χ4n) is 1.67. The Hall–Kier alpha value is -1.57. The highest BCUT2D eigenvalue weighted by molar-refractivity contribution is 5.41. The highest BCUT2D eigenvalue weighted by Crippen LogP contribution is 2.19. The van der Waals surface area contributed by atoms with Gasteiger partial charge < -0.3 is 14.8 Å². The van der Waals surface area contributed by atoms with Gasteiger partial charge >= 0.3 is 0 Å². The molecule has 0 aliphatic heterocycles. The molecule has 98 valence electrons. The van der Waals surface area contributed by atoms with Gasteiger partial charge in [0.1, 0.15) is 5.75 Å². The molecule has 1 atom stereocenters. The van der Waals surface area contributed by atoms with Crippen molar-refractivity contribution in [1.82, 2.24) is 5.32 Å². The fourth-order valence-corrected chi connectivity index (χ4v) is 1.67. The molecule has 1 unspecified atom stereocenters. The van der Waals surface area contributed by atoms with Gasteiger partial charge in [0.05, 0.1) is 18.7 Å². The van der Waals surface area contributed by atoms with Gasteiger partial charge in [-0.05, 0) is 31.5 Å². The molecule has 0 aliphatic carbocycles. The average Bonchev–Trinajstić information content (AvgIpc) is 2.42. The van der Waals surface area contributed by atoms with Gasteiger partial charge in [0.25, 0.3) is 0 Å². The highest BCUT2D eigenvalue weighted by Gasteiger charge is 2.06. The molecule has 0 saturated heterocycles. The summed E-state index contributed by atoms with van der Waals surface area (Å²) in [4.78, 5) is 0. The molecule has 4 heteroatoms. The molecule has 1 rings (SSSR count). The van der Waals surface area contributed by atoms with E-state index in [9.17, 15) is 0 Å². The van der Waals surface area contributed by atoms with Crippen LogP contribution in [0.2, 0.25) is 0 Å². The van der Waals surface area contributed by atoms with Gasteiger partial charge in [-0.3, -0.25) is 0 Å². The topological polar surface area (TPSA) is 54.3 Å². The smallest absolute Gasteiger partial charge is 0.123 e. The summed E-state index contributed by atoms with van der Waals surface area (Å²) in [5, 5.41) is 12.3. The van der Waals surface area contributed by atoms with Gasteiger partial charge in [0.2, 0.25) is 0 Å². The molecular formula is C14H20N2O2. The average molecular weight is 248 g/mol. The number of ether oxygens (including phenoxy) is 2. The maximum atomic E-state index is 8.89. The van der Waals surface area contributed by atoms with Crippen LogP contribution in [0.15, 0.2) is 18.2 Å². The van der Waals surface area contributed by atoms with E-state index in [2.05, 4.69) is 18.3 Å². The molecule has 0 spiro atoms. The molecule has 1 N–H and O–H groups in total. The van der Waals surface area contributed by atoms with E-state index < -0.39 is 0 Å². The Morgan fingerprint density at radius 3 is 2.78 bits per heavy atom. The molecule has 1 aromatic rings. The van der Waals surface area contributed by atoms with Crippen molar-refractivity contribution in [3.8, 4) is 11.8 Å². The van der Waals surface area contributed by atoms with E-state index in [1.165, 1.54) is 0 Å². The Morgan fingerprint density at radius 2 is 2.17 bits per heavy atom. The van der Waals surface area contributed by atoms with Crippen molar-refractivity contribution in [1.29, 1.82) is 5.26 Å². The third-order valence-corrected chi connectivity index (χ3v) is 2.81. The Balaban J connectivity index is 2.62. The van der Waals surface area contributed by atoms with E-state index >= 15 is 0 Å². The van der Waals surface area contributed by atoms with Gasteiger partial charge in [-0.1, -0.05) is 0 Å². The van der Waals surface area contributed by atoms with Crippen LogP contribution in [0.1, 0.15) is 24.5 Å². The molecule has 0 radical (unpaired) electrons. The van der Waals surface area contributed by atoms with Crippen LogP contribution >= 0.6 is 0 Å². The third kappa shape index (κ3) is 4.36. The summed E-state index contributed by atoms with van der Waals surface area (Å²) in [6, 6.07) is 7.94. The number of nitriles is 1. The van der Waals surface area contributed by atoms with Crippen LogP contribution in [0.4, 0.5) is 0 Å². The summed E-state index contributed by atoms with van der Waals surface area (Å²) in [6.07, 6.45) is 0.955. The number of nitrogens with zero attached hydrogens (tertiary/aromatic N) is 1. The summed E-state index contributed by atoms with van der Waals surface area (Å²) in [7, 11) is 3.34. The second-order valence-corrected chi connectivity index (χ2v) is 4.20. The summed E-state index contributed by atoms with van der Waals surface area (Å²) < 4.78 is 10.3. The van der Waals surface area contributed by atoms with E-state index in [0.717, 1.165) is 24.3 Å².